The molecule has 1 aliphatic heterocycles. The number of phenolic OH excluding ortho intramolecular Hbond substituents is 1. The fraction of sp³-hybridized carbons (Fsp3) is 0.545. The lowest BCUT2D eigenvalue weighted by Gasteiger charge is -2.49. The second-order valence-electron chi connectivity index (χ2n) is 15.3. The standard InChI is InChI=1S/C44H60O4/c1-9-11-13-15-32-25-38(45)42(35-23-30(5)17-19-34(35)29(3)4)39(26-32)46-21-22-47-40-27-33(16-14-12-10-2)28-41-43(40)36-24-31(6)18-20-37(36)44(7,8)48-41/h17,19,23,25-28,31,36-37,45H,3,9-16,18,20-22,24H2,1-2,4-8H3/t31-,36-,37-/m1/s1. The molecule has 0 spiro atoms. The van der Waals surface area contributed by atoms with Crippen LogP contribution < -0.4 is 14.2 Å². The second-order valence-corrected chi connectivity index (χ2v) is 15.3. The maximum atomic E-state index is 11.5. The molecule has 4 nitrogen and oxygen atoms in total. The highest BCUT2D eigenvalue weighted by Gasteiger charge is 2.47. The monoisotopic (exact) mass is 652 g/mol. The van der Waals surface area contributed by atoms with E-state index in [2.05, 4.69) is 84.5 Å². The van der Waals surface area contributed by atoms with Crippen molar-refractivity contribution in [1.82, 2.24) is 0 Å². The van der Waals surface area contributed by atoms with Gasteiger partial charge in [0.2, 0.25) is 0 Å². The number of allylic oxidation sites excluding steroid dienone is 1. The molecule has 260 valence electrons. The molecule has 3 aromatic rings. The molecule has 0 bridgehead atoms. The summed E-state index contributed by atoms with van der Waals surface area (Å²) in [4.78, 5) is 0. The highest BCUT2D eigenvalue weighted by atomic mass is 16.5. The summed E-state index contributed by atoms with van der Waals surface area (Å²) < 4.78 is 20.1. The molecular formula is C44H60O4. The van der Waals surface area contributed by atoms with Gasteiger partial charge in [0.1, 0.15) is 41.8 Å². The maximum Gasteiger partial charge on any atom is 0.131 e. The second kappa shape index (κ2) is 15.9. The van der Waals surface area contributed by atoms with E-state index >= 15 is 0 Å². The topological polar surface area (TPSA) is 47.9 Å². The summed E-state index contributed by atoms with van der Waals surface area (Å²) >= 11 is 0. The Bertz CT molecular complexity index is 1570. The molecule has 1 heterocycles. The Morgan fingerprint density at radius 2 is 1.54 bits per heavy atom. The van der Waals surface area contributed by atoms with Gasteiger partial charge in [-0.1, -0.05) is 88.8 Å². The van der Waals surface area contributed by atoms with Crippen LogP contribution in [0.1, 0.15) is 133 Å². The average Bonchev–Trinajstić information content (AvgIpc) is 3.02. The third kappa shape index (κ3) is 8.24. The van der Waals surface area contributed by atoms with Crippen molar-refractivity contribution in [2.45, 2.75) is 131 Å². The smallest absolute Gasteiger partial charge is 0.131 e. The lowest BCUT2D eigenvalue weighted by Crippen LogP contribution is -2.46. The summed E-state index contributed by atoms with van der Waals surface area (Å²) in [6.45, 7) is 20.5. The van der Waals surface area contributed by atoms with Gasteiger partial charge in [0.25, 0.3) is 0 Å². The average molecular weight is 653 g/mol. The molecule has 4 heteroatoms. The van der Waals surface area contributed by atoms with Gasteiger partial charge in [0.05, 0.1) is 5.56 Å². The zero-order valence-electron chi connectivity index (χ0n) is 30.8. The van der Waals surface area contributed by atoms with E-state index in [1.54, 1.807) is 0 Å². The van der Waals surface area contributed by atoms with Gasteiger partial charge in [-0.05, 0) is 125 Å². The van der Waals surface area contributed by atoms with Crippen molar-refractivity contribution in [1.29, 1.82) is 0 Å². The minimum absolute atomic E-state index is 0.195. The van der Waals surface area contributed by atoms with Crippen LogP contribution in [0.5, 0.6) is 23.0 Å². The van der Waals surface area contributed by atoms with E-state index < -0.39 is 0 Å². The molecule has 3 aromatic carbocycles. The van der Waals surface area contributed by atoms with Gasteiger partial charge in [-0.3, -0.25) is 0 Å². The number of hydrogen-bond donors (Lipinski definition) is 1. The van der Waals surface area contributed by atoms with Crippen molar-refractivity contribution in [2.75, 3.05) is 13.2 Å². The van der Waals surface area contributed by atoms with Crippen molar-refractivity contribution >= 4 is 5.57 Å². The molecule has 0 saturated heterocycles. The van der Waals surface area contributed by atoms with E-state index in [-0.39, 0.29) is 11.4 Å². The van der Waals surface area contributed by atoms with Gasteiger partial charge >= 0.3 is 0 Å². The Kier molecular flexibility index (Phi) is 11.9. The first-order chi connectivity index (χ1) is 23.0. The summed E-state index contributed by atoms with van der Waals surface area (Å²) in [5, 5.41) is 11.5. The predicted octanol–water partition coefficient (Wildman–Crippen LogP) is 12.0. The summed E-state index contributed by atoms with van der Waals surface area (Å²) in [5.74, 6) is 4.51. The van der Waals surface area contributed by atoms with Crippen LogP contribution in [-0.4, -0.2) is 23.9 Å². The quantitative estimate of drug-likeness (QED) is 0.166. The first-order valence-corrected chi connectivity index (χ1v) is 18.8. The summed E-state index contributed by atoms with van der Waals surface area (Å²) in [5.41, 5.74) is 8.21. The molecule has 0 unspecified atom stereocenters. The van der Waals surface area contributed by atoms with Gasteiger partial charge in [-0.15, -0.1) is 0 Å². The number of hydrogen-bond acceptors (Lipinski definition) is 4. The molecule has 1 aliphatic carbocycles. The third-order valence-corrected chi connectivity index (χ3v) is 10.7. The molecule has 48 heavy (non-hydrogen) atoms. The third-order valence-electron chi connectivity index (χ3n) is 10.7. The van der Waals surface area contributed by atoms with E-state index in [9.17, 15) is 5.11 Å². The number of phenols is 1. The van der Waals surface area contributed by atoms with E-state index in [4.69, 9.17) is 14.2 Å². The van der Waals surface area contributed by atoms with Crippen LogP contribution in [0.25, 0.3) is 16.7 Å². The van der Waals surface area contributed by atoms with Crippen molar-refractivity contribution < 1.29 is 19.3 Å². The normalized spacial score (nSPS) is 19.6. The molecule has 3 atom stereocenters. The molecule has 0 radical (unpaired) electrons. The first kappa shape index (κ1) is 35.9. The molecular weight excluding hydrogens is 592 g/mol. The molecule has 2 aliphatic rings. The Morgan fingerprint density at radius 3 is 2.21 bits per heavy atom. The van der Waals surface area contributed by atoms with Gasteiger partial charge in [0, 0.05) is 11.5 Å². The fourth-order valence-corrected chi connectivity index (χ4v) is 8.14. The Hall–Kier alpha value is -3.40. The highest BCUT2D eigenvalue weighted by molar-refractivity contribution is 5.86. The van der Waals surface area contributed by atoms with E-state index in [1.165, 1.54) is 43.2 Å². The van der Waals surface area contributed by atoms with Gasteiger partial charge in [-0.25, -0.2) is 0 Å². The summed E-state index contributed by atoms with van der Waals surface area (Å²) in [6, 6.07) is 14.9. The summed E-state index contributed by atoms with van der Waals surface area (Å²) in [6.07, 6.45) is 12.5. The van der Waals surface area contributed by atoms with Gasteiger partial charge in [0.15, 0.2) is 0 Å². The number of fused-ring (bicyclic) bond motifs is 3. The van der Waals surface area contributed by atoms with Crippen molar-refractivity contribution in [3.05, 3.63) is 76.9 Å². The van der Waals surface area contributed by atoms with Gasteiger partial charge in [-0.2, -0.15) is 0 Å². The molecule has 1 fully saturated rings. The van der Waals surface area contributed by atoms with Crippen LogP contribution in [0.2, 0.25) is 0 Å². The van der Waals surface area contributed by atoms with E-state index in [0.29, 0.717) is 36.7 Å². The Morgan fingerprint density at radius 1 is 0.896 bits per heavy atom. The van der Waals surface area contributed by atoms with Crippen molar-refractivity contribution in [3.63, 3.8) is 0 Å². The lowest BCUT2D eigenvalue weighted by atomic mass is 9.64. The number of unbranched alkanes of at least 4 members (excludes halogenated alkanes) is 4. The van der Waals surface area contributed by atoms with Crippen LogP contribution in [0.15, 0.2) is 49.0 Å². The van der Waals surface area contributed by atoms with Crippen LogP contribution in [0, 0.1) is 18.8 Å². The predicted molar refractivity (Wildman–Crippen MR) is 201 cm³/mol. The fourth-order valence-electron chi connectivity index (χ4n) is 8.14. The number of rotatable bonds is 15. The largest absolute Gasteiger partial charge is 0.507 e. The zero-order chi connectivity index (χ0) is 34.4. The first-order valence-electron chi connectivity index (χ1n) is 18.8. The van der Waals surface area contributed by atoms with Gasteiger partial charge < -0.3 is 19.3 Å². The van der Waals surface area contributed by atoms with Crippen LogP contribution in [-0.2, 0) is 12.8 Å². The van der Waals surface area contributed by atoms with Crippen molar-refractivity contribution in [3.8, 4) is 34.1 Å². The van der Waals surface area contributed by atoms with Crippen molar-refractivity contribution in [2.24, 2.45) is 11.8 Å². The van der Waals surface area contributed by atoms with Crippen LogP contribution >= 0.6 is 0 Å². The van der Waals surface area contributed by atoms with E-state index in [1.807, 2.05) is 13.0 Å². The Balaban J connectivity index is 1.44. The SMILES string of the molecule is C=C(C)c1ccc(C)cc1-c1c(O)cc(CCCCC)cc1OCCOc1cc(CCCCC)cc2c1[C@@H]1C[C@H](C)CC[C@H]1C(C)(C)O2. The Labute approximate surface area is 290 Å². The number of aryl methyl sites for hydroxylation is 3. The number of benzene rings is 3. The number of ether oxygens (including phenoxy) is 3. The minimum Gasteiger partial charge on any atom is -0.507 e. The maximum absolute atomic E-state index is 11.5. The van der Waals surface area contributed by atoms with E-state index in [0.717, 1.165) is 83.4 Å². The zero-order valence-corrected chi connectivity index (χ0v) is 30.8. The van der Waals surface area contributed by atoms with Crippen LogP contribution in [0.3, 0.4) is 0 Å². The summed E-state index contributed by atoms with van der Waals surface area (Å²) in [7, 11) is 0. The molecule has 5 rings (SSSR count). The molecule has 0 amide bonds. The highest BCUT2D eigenvalue weighted by Crippen LogP contribution is 2.55. The molecule has 1 N–H and O–H groups in total. The minimum atomic E-state index is -0.195. The lowest BCUT2D eigenvalue weighted by molar-refractivity contribution is -0.0149. The van der Waals surface area contributed by atoms with Crippen LogP contribution in [0.4, 0.5) is 0 Å². The molecule has 1 saturated carbocycles. The number of aromatic hydroxyl groups is 1. The molecule has 0 aromatic heterocycles.